The molecule has 2 heterocycles. The summed E-state index contributed by atoms with van der Waals surface area (Å²) in [6.07, 6.45) is 3.27. The predicted octanol–water partition coefficient (Wildman–Crippen LogP) is 1.40. The summed E-state index contributed by atoms with van der Waals surface area (Å²) in [5, 5.41) is 3.39. The summed E-state index contributed by atoms with van der Waals surface area (Å²) in [7, 11) is -2.20. The van der Waals surface area contributed by atoms with Gasteiger partial charge in [-0.05, 0) is 25.8 Å². The Labute approximate surface area is 91.8 Å². The minimum atomic E-state index is -2.20. The largest absolute Gasteiger partial charge is 0.310 e. The standard InChI is InChI=1S/C7H14N2OS.2ClH/c8-11(10)5-3-7(6-11)2-1-4-9-7;;/h8-9H,1-6H2;2*1H. The van der Waals surface area contributed by atoms with E-state index in [0.717, 1.165) is 19.4 Å². The smallest absolute Gasteiger partial charge is 0.0498 e. The molecule has 2 aliphatic heterocycles. The molecule has 1 spiro atoms. The van der Waals surface area contributed by atoms with Crippen LogP contribution in [0.1, 0.15) is 19.3 Å². The van der Waals surface area contributed by atoms with Crippen LogP contribution in [0.4, 0.5) is 0 Å². The van der Waals surface area contributed by atoms with Crippen molar-refractivity contribution in [3.63, 3.8) is 0 Å². The molecule has 80 valence electrons. The minimum Gasteiger partial charge on any atom is -0.310 e. The molecule has 2 aliphatic rings. The lowest BCUT2D eigenvalue weighted by atomic mass is 9.97. The third-order valence-electron chi connectivity index (χ3n) is 2.75. The van der Waals surface area contributed by atoms with E-state index in [1.54, 1.807) is 0 Å². The van der Waals surface area contributed by atoms with Gasteiger partial charge in [0.15, 0.2) is 0 Å². The van der Waals surface area contributed by atoms with E-state index in [4.69, 9.17) is 4.78 Å². The van der Waals surface area contributed by atoms with E-state index in [1.165, 1.54) is 6.42 Å². The van der Waals surface area contributed by atoms with E-state index in [0.29, 0.717) is 11.5 Å². The van der Waals surface area contributed by atoms with Crippen LogP contribution in [-0.2, 0) is 9.73 Å². The van der Waals surface area contributed by atoms with Crippen LogP contribution in [0.5, 0.6) is 0 Å². The molecular weight excluding hydrogens is 231 g/mol. The summed E-state index contributed by atoms with van der Waals surface area (Å²) in [4.78, 5) is 0. The number of nitrogens with one attached hydrogen (secondary N) is 2. The van der Waals surface area contributed by atoms with Crippen molar-refractivity contribution in [3.8, 4) is 0 Å². The molecule has 0 aromatic heterocycles. The van der Waals surface area contributed by atoms with Crippen molar-refractivity contribution in [2.75, 3.05) is 18.1 Å². The van der Waals surface area contributed by atoms with Crippen LogP contribution in [0.15, 0.2) is 0 Å². The Morgan fingerprint density at radius 2 is 2.00 bits per heavy atom. The van der Waals surface area contributed by atoms with Crippen molar-refractivity contribution in [1.82, 2.24) is 5.32 Å². The van der Waals surface area contributed by atoms with Crippen LogP contribution in [0.25, 0.3) is 0 Å². The maximum Gasteiger partial charge on any atom is 0.0498 e. The van der Waals surface area contributed by atoms with Crippen molar-refractivity contribution in [2.45, 2.75) is 24.8 Å². The summed E-state index contributed by atoms with van der Waals surface area (Å²) in [5.41, 5.74) is 0.110. The fourth-order valence-corrected chi connectivity index (χ4v) is 4.30. The highest BCUT2D eigenvalue weighted by molar-refractivity contribution is 7.92. The van der Waals surface area contributed by atoms with Gasteiger partial charge < -0.3 is 5.32 Å². The summed E-state index contributed by atoms with van der Waals surface area (Å²) < 4.78 is 18.8. The molecule has 2 saturated heterocycles. The molecule has 2 unspecified atom stereocenters. The summed E-state index contributed by atoms with van der Waals surface area (Å²) in [6, 6.07) is 0. The Bertz CT molecular complexity index is 260. The van der Waals surface area contributed by atoms with E-state index in [2.05, 4.69) is 5.32 Å². The van der Waals surface area contributed by atoms with Gasteiger partial charge in [0.25, 0.3) is 0 Å². The molecule has 0 saturated carbocycles. The maximum absolute atomic E-state index is 11.4. The third kappa shape index (κ3) is 2.72. The van der Waals surface area contributed by atoms with E-state index in [1.807, 2.05) is 0 Å². The van der Waals surface area contributed by atoms with E-state index < -0.39 is 9.73 Å². The monoisotopic (exact) mass is 246 g/mol. The fraction of sp³-hybridized carbons (Fsp3) is 1.00. The zero-order chi connectivity index (χ0) is 7.95. The molecule has 2 fully saturated rings. The number of rotatable bonds is 0. The molecule has 0 aliphatic carbocycles. The molecule has 0 radical (unpaired) electrons. The highest BCUT2D eigenvalue weighted by atomic mass is 35.5. The number of hydrogen-bond donors (Lipinski definition) is 2. The molecule has 0 aromatic carbocycles. The zero-order valence-corrected chi connectivity index (χ0v) is 9.83. The van der Waals surface area contributed by atoms with Crippen LogP contribution in [0.3, 0.4) is 0 Å². The van der Waals surface area contributed by atoms with Gasteiger partial charge in [-0.1, -0.05) is 0 Å². The van der Waals surface area contributed by atoms with Crippen molar-refractivity contribution in [3.05, 3.63) is 0 Å². The zero-order valence-electron chi connectivity index (χ0n) is 7.38. The Balaban J connectivity index is 0.000000720. The number of hydrogen-bond acceptors (Lipinski definition) is 3. The van der Waals surface area contributed by atoms with Crippen LogP contribution in [0.2, 0.25) is 0 Å². The SMILES string of the molecule is Cl.Cl.N=S1(=O)CCC2(CCCN2)C1. The molecular formula is C7H16Cl2N2OS. The van der Waals surface area contributed by atoms with Gasteiger partial charge in [0, 0.05) is 26.8 Å². The first-order valence-electron chi connectivity index (χ1n) is 4.11. The Morgan fingerprint density at radius 3 is 2.38 bits per heavy atom. The van der Waals surface area contributed by atoms with Crippen LogP contribution >= 0.6 is 24.8 Å². The van der Waals surface area contributed by atoms with E-state index in [-0.39, 0.29) is 30.4 Å². The molecule has 2 N–H and O–H groups in total. The second-order valence-electron chi connectivity index (χ2n) is 3.72. The molecule has 6 heteroatoms. The van der Waals surface area contributed by atoms with E-state index >= 15 is 0 Å². The van der Waals surface area contributed by atoms with Gasteiger partial charge in [-0.2, -0.15) is 0 Å². The highest BCUT2D eigenvalue weighted by Gasteiger charge is 2.41. The molecule has 0 amide bonds. The first-order valence-corrected chi connectivity index (χ1v) is 6.01. The first kappa shape index (κ1) is 13.5. The van der Waals surface area contributed by atoms with Crippen LogP contribution in [0, 0.1) is 4.78 Å². The lowest BCUT2D eigenvalue weighted by molar-refractivity contribution is 0.426. The summed E-state index contributed by atoms with van der Waals surface area (Å²) in [5.74, 6) is 1.21. The Morgan fingerprint density at radius 1 is 1.31 bits per heavy atom. The van der Waals surface area contributed by atoms with Gasteiger partial charge in [-0.3, -0.25) is 4.78 Å². The Kier molecular flexibility index (Phi) is 4.50. The van der Waals surface area contributed by atoms with Gasteiger partial charge in [0.05, 0.1) is 0 Å². The first-order chi connectivity index (χ1) is 5.12. The van der Waals surface area contributed by atoms with Gasteiger partial charge >= 0.3 is 0 Å². The van der Waals surface area contributed by atoms with Crippen LogP contribution < -0.4 is 5.32 Å². The second kappa shape index (κ2) is 4.34. The van der Waals surface area contributed by atoms with Crippen molar-refractivity contribution < 1.29 is 4.21 Å². The molecule has 2 rings (SSSR count). The number of halogens is 2. The van der Waals surface area contributed by atoms with Gasteiger partial charge in [-0.25, -0.2) is 4.21 Å². The topological polar surface area (TPSA) is 53.0 Å². The maximum atomic E-state index is 11.4. The van der Waals surface area contributed by atoms with Crippen molar-refractivity contribution >= 4 is 34.5 Å². The molecule has 2 atom stereocenters. The molecule has 0 aromatic rings. The van der Waals surface area contributed by atoms with Crippen LogP contribution in [-0.4, -0.2) is 27.8 Å². The lowest BCUT2D eigenvalue weighted by Crippen LogP contribution is -2.40. The average molecular weight is 247 g/mol. The highest BCUT2D eigenvalue weighted by Crippen LogP contribution is 2.31. The van der Waals surface area contributed by atoms with E-state index in [9.17, 15) is 4.21 Å². The Hall–Kier alpha value is 0.490. The third-order valence-corrected chi connectivity index (χ3v) is 4.63. The van der Waals surface area contributed by atoms with Gasteiger partial charge in [0.1, 0.15) is 0 Å². The average Bonchev–Trinajstić information content (AvgIpc) is 2.43. The fourth-order valence-electron chi connectivity index (χ4n) is 2.16. The normalized spacial score (nSPS) is 42.8. The molecule has 13 heavy (non-hydrogen) atoms. The second-order valence-corrected chi connectivity index (χ2v) is 6.04. The van der Waals surface area contributed by atoms with Crippen molar-refractivity contribution in [2.24, 2.45) is 0 Å². The molecule has 0 bridgehead atoms. The van der Waals surface area contributed by atoms with Gasteiger partial charge in [0.2, 0.25) is 0 Å². The summed E-state index contributed by atoms with van der Waals surface area (Å²) in [6.45, 7) is 1.05. The summed E-state index contributed by atoms with van der Waals surface area (Å²) >= 11 is 0. The predicted molar refractivity (Wildman–Crippen MR) is 59.7 cm³/mol. The minimum absolute atomic E-state index is 0. The molecule has 3 nitrogen and oxygen atoms in total. The van der Waals surface area contributed by atoms with Crippen molar-refractivity contribution in [1.29, 1.82) is 4.78 Å². The quantitative estimate of drug-likeness (QED) is 0.680. The lowest BCUT2D eigenvalue weighted by Gasteiger charge is -2.21. The van der Waals surface area contributed by atoms with Gasteiger partial charge in [-0.15, -0.1) is 24.8 Å².